The van der Waals surface area contributed by atoms with Gasteiger partial charge in [0, 0.05) is 15.6 Å². The summed E-state index contributed by atoms with van der Waals surface area (Å²) in [6.07, 6.45) is 4.65. The SMILES string of the molecule is N#CC1(C(O)c2c(Cl)cccc2Cl)CCCCCC1. The van der Waals surface area contributed by atoms with Crippen LogP contribution >= 0.6 is 23.2 Å². The van der Waals surface area contributed by atoms with Gasteiger partial charge >= 0.3 is 0 Å². The van der Waals surface area contributed by atoms with Crippen molar-refractivity contribution >= 4 is 23.2 Å². The van der Waals surface area contributed by atoms with Crippen molar-refractivity contribution in [1.82, 2.24) is 0 Å². The summed E-state index contributed by atoms with van der Waals surface area (Å²) < 4.78 is 0. The van der Waals surface area contributed by atoms with Crippen LogP contribution in [0.4, 0.5) is 0 Å². The van der Waals surface area contributed by atoms with E-state index in [1.807, 2.05) is 0 Å². The number of nitriles is 1. The van der Waals surface area contributed by atoms with Gasteiger partial charge in [-0.3, -0.25) is 0 Å². The first-order chi connectivity index (χ1) is 9.10. The minimum atomic E-state index is -0.920. The van der Waals surface area contributed by atoms with Crippen LogP contribution in [0.1, 0.15) is 50.2 Å². The standard InChI is InChI=1S/C15H17Cl2NO/c16-11-6-5-7-12(17)13(11)14(19)15(10-18)8-3-1-2-4-9-15/h5-7,14,19H,1-4,8-9H2. The van der Waals surface area contributed by atoms with Crippen molar-refractivity contribution in [1.29, 1.82) is 5.26 Å². The van der Waals surface area contributed by atoms with E-state index in [1.165, 1.54) is 0 Å². The molecular formula is C15H17Cl2NO. The van der Waals surface area contributed by atoms with E-state index in [9.17, 15) is 10.4 Å². The highest BCUT2D eigenvalue weighted by molar-refractivity contribution is 6.36. The van der Waals surface area contributed by atoms with Gasteiger partial charge in [-0.05, 0) is 25.0 Å². The smallest absolute Gasteiger partial charge is 0.100 e. The summed E-state index contributed by atoms with van der Waals surface area (Å²) in [5.74, 6) is 0. The molecule has 4 heteroatoms. The molecule has 2 rings (SSSR count). The van der Waals surface area contributed by atoms with E-state index in [1.54, 1.807) is 18.2 Å². The van der Waals surface area contributed by atoms with Gasteiger partial charge in [-0.25, -0.2) is 0 Å². The van der Waals surface area contributed by atoms with E-state index < -0.39 is 11.5 Å². The molecule has 0 aliphatic heterocycles. The Morgan fingerprint density at radius 3 is 2.11 bits per heavy atom. The maximum Gasteiger partial charge on any atom is 0.100 e. The van der Waals surface area contributed by atoms with E-state index in [4.69, 9.17) is 23.2 Å². The number of hydrogen-bond donors (Lipinski definition) is 1. The lowest BCUT2D eigenvalue weighted by Crippen LogP contribution is -2.27. The van der Waals surface area contributed by atoms with Gasteiger partial charge in [-0.1, -0.05) is 55.0 Å². The molecule has 0 aromatic heterocycles. The fraction of sp³-hybridized carbons (Fsp3) is 0.533. The van der Waals surface area contributed by atoms with Crippen LogP contribution in [0.2, 0.25) is 10.0 Å². The van der Waals surface area contributed by atoms with Gasteiger partial charge in [0.2, 0.25) is 0 Å². The van der Waals surface area contributed by atoms with E-state index in [0.717, 1.165) is 25.7 Å². The fourth-order valence-corrected chi connectivity index (χ4v) is 3.46. The Bertz CT molecular complexity index is 467. The van der Waals surface area contributed by atoms with Crippen LogP contribution in [0, 0.1) is 16.7 Å². The number of rotatable bonds is 2. The van der Waals surface area contributed by atoms with Crippen molar-refractivity contribution in [3.05, 3.63) is 33.8 Å². The Morgan fingerprint density at radius 1 is 1.11 bits per heavy atom. The van der Waals surface area contributed by atoms with Gasteiger partial charge < -0.3 is 5.11 Å². The molecular weight excluding hydrogens is 281 g/mol. The Kier molecular flexibility index (Phi) is 4.73. The van der Waals surface area contributed by atoms with E-state index in [2.05, 4.69) is 6.07 Å². The first-order valence-corrected chi connectivity index (χ1v) is 7.39. The van der Waals surface area contributed by atoms with Crippen LogP contribution in [0.5, 0.6) is 0 Å². The van der Waals surface area contributed by atoms with Crippen molar-refractivity contribution in [2.75, 3.05) is 0 Å². The molecule has 0 bridgehead atoms. The molecule has 0 amide bonds. The average molecular weight is 298 g/mol. The highest BCUT2D eigenvalue weighted by atomic mass is 35.5. The molecule has 0 saturated heterocycles. The van der Waals surface area contributed by atoms with Gasteiger partial charge in [0.15, 0.2) is 0 Å². The quantitative estimate of drug-likeness (QED) is 0.790. The first kappa shape index (κ1) is 14.7. The lowest BCUT2D eigenvalue weighted by Gasteiger charge is -2.31. The van der Waals surface area contributed by atoms with Crippen LogP contribution in [0.3, 0.4) is 0 Å². The third-order valence-corrected chi connectivity index (χ3v) is 4.67. The molecule has 0 spiro atoms. The number of aliphatic hydroxyl groups excluding tert-OH is 1. The minimum absolute atomic E-state index is 0.430. The summed E-state index contributed by atoms with van der Waals surface area (Å²) in [5.41, 5.74) is -0.264. The normalized spacial score (nSPS) is 20.3. The molecule has 1 saturated carbocycles. The van der Waals surface area contributed by atoms with Gasteiger partial charge in [-0.15, -0.1) is 0 Å². The molecule has 19 heavy (non-hydrogen) atoms. The van der Waals surface area contributed by atoms with E-state index in [0.29, 0.717) is 28.5 Å². The Labute approximate surface area is 124 Å². The molecule has 1 N–H and O–H groups in total. The van der Waals surface area contributed by atoms with Crippen LogP contribution in [-0.2, 0) is 0 Å². The van der Waals surface area contributed by atoms with Crippen LogP contribution in [0.25, 0.3) is 0 Å². The highest BCUT2D eigenvalue weighted by Gasteiger charge is 2.40. The summed E-state index contributed by atoms with van der Waals surface area (Å²) >= 11 is 12.3. The monoisotopic (exact) mass is 297 g/mol. The van der Waals surface area contributed by atoms with Crippen LogP contribution < -0.4 is 0 Å². The Hall–Kier alpha value is -0.750. The predicted octanol–water partition coefficient (Wildman–Crippen LogP) is 4.89. The molecule has 2 nitrogen and oxygen atoms in total. The van der Waals surface area contributed by atoms with Gasteiger partial charge in [0.1, 0.15) is 6.10 Å². The summed E-state index contributed by atoms with van der Waals surface area (Å²) in [6.45, 7) is 0. The van der Waals surface area contributed by atoms with Crippen molar-refractivity contribution in [3.8, 4) is 6.07 Å². The summed E-state index contributed by atoms with van der Waals surface area (Å²) in [7, 11) is 0. The predicted molar refractivity (Wildman–Crippen MR) is 77.2 cm³/mol. The molecule has 1 unspecified atom stereocenters. The van der Waals surface area contributed by atoms with Gasteiger partial charge in [-0.2, -0.15) is 5.26 Å². The van der Waals surface area contributed by atoms with E-state index in [-0.39, 0.29) is 0 Å². The lowest BCUT2D eigenvalue weighted by molar-refractivity contribution is 0.0518. The van der Waals surface area contributed by atoms with Crippen LogP contribution in [-0.4, -0.2) is 5.11 Å². The number of nitrogens with zero attached hydrogens (tertiary/aromatic N) is 1. The molecule has 0 heterocycles. The molecule has 1 aliphatic rings. The lowest BCUT2D eigenvalue weighted by atomic mass is 9.74. The molecule has 1 atom stereocenters. The van der Waals surface area contributed by atoms with Crippen molar-refractivity contribution in [2.45, 2.75) is 44.6 Å². The van der Waals surface area contributed by atoms with E-state index >= 15 is 0 Å². The van der Waals surface area contributed by atoms with Crippen LogP contribution in [0.15, 0.2) is 18.2 Å². The fourth-order valence-electron chi connectivity index (χ4n) is 2.85. The third kappa shape index (κ3) is 2.89. The van der Waals surface area contributed by atoms with Crippen molar-refractivity contribution < 1.29 is 5.11 Å². The summed E-state index contributed by atoms with van der Waals surface area (Å²) in [5, 5.41) is 21.1. The topological polar surface area (TPSA) is 44.0 Å². The second-order valence-electron chi connectivity index (χ2n) is 5.22. The maximum absolute atomic E-state index is 10.7. The average Bonchev–Trinajstić information content (AvgIpc) is 2.64. The van der Waals surface area contributed by atoms with Gasteiger partial charge in [0.05, 0.1) is 11.5 Å². The molecule has 102 valence electrons. The minimum Gasteiger partial charge on any atom is -0.387 e. The number of aliphatic hydroxyl groups is 1. The molecule has 1 aromatic rings. The molecule has 1 aliphatic carbocycles. The van der Waals surface area contributed by atoms with Gasteiger partial charge in [0.25, 0.3) is 0 Å². The maximum atomic E-state index is 10.7. The summed E-state index contributed by atoms with van der Waals surface area (Å²) in [4.78, 5) is 0. The third-order valence-electron chi connectivity index (χ3n) is 4.02. The second kappa shape index (κ2) is 6.13. The highest BCUT2D eigenvalue weighted by Crippen LogP contribution is 2.47. The number of hydrogen-bond acceptors (Lipinski definition) is 2. The Morgan fingerprint density at radius 2 is 1.63 bits per heavy atom. The Balaban J connectivity index is 2.40. The number of halogens is 2. The van der Waals surface area contributed by atoms with Crippen molar-refractivity contribution in [3.63, 3.8) is 0 Å². The summed E-state index contributed by atoms with van der Waals surface area (Å²) in [6, 6.07) is 7.49. The molecule has 1 aromatic carbocycles. The molecule has 1 fully saturated rings. The largest absolute Gasteiger partial charge is 0.387 e. The molecule has 0 radical (unpaired) electrons. The zero-order valence-electron chi connectivity index (χ0n) is 10.7. The first-order valence-electron chi connectivity index (χ1n) is 6.64. The second-order valence-corrected chi connectivity index (χ2v) is 6.03. The number of benzene rings is 1. The zero-order valence-corrected chi connectivity index (χ0v) is 12.2. The van der Waals surface area contributed by atoms with Crippen molar-refractivity contribution in [2.24, 2.45) is 5.41 Å². The zero-order chi connectivity index (χ0) is 13.9.